The van der Waals surface area contributed by atoms with Crippen molar-refractivity contribution in [3.63, 3.8) is 0 Å². The topological polar surface area (TPSA) is 74.2 Å². The SMILES string of the molecule is CNCCCNc1nccc(C(=O)O)c1F. The molecule has 0 aliphatic heterocycles. The number of halogens is 1. The molecule has 6 heteroatoms. The van der Waals surface area contributed by atoms with Crippen molar-refractivity contribution < 1.29 is 14.3 Å². The molecule has 3 N–H and O–H groups in total. The molecule has 0 aromatic carbocycles. The summed E-state index contributed by atoms with van der Waals surface area (Å²) in [6.07, 6.45) is 2.07. The Kier molecular flexibility index (Phi) is 4.65. The maximum Gasteiger partial charge on any atom is 0.338 e. The number of aromatic carboxylic acids is 1. The van der Waals surface area contributed by atoms with Gasteiger partial charge in [-0.3, -0.25) is 0 Å². The van der Waals surface area contributed by atoms with E-state index in [2.05, 4.69) is 15.6 Å². The van der Waals surface area contributed by atoms with Gasteiger partial charge < -0.3 is 15.7 Å². The monoisotopic (exact) mass is 227 g/mol. The van der Waals surface area contributed by atoms with E-state index in [4.69, 9.17) is 5.11 Å². The summed E-state index contributed by atoms with van der Waals surface area (Å²) in [7, 11) is 1.82. The van der Waals surface area contributed by atoms with Crippen molar-refractivity contribution >= 4 is 11.8 Å². The lowest BCUT2D eigenvalue weighted by Crippen LogP contribution is -2.14. The first-order chi connectivity index (χ1) is 7.66. The smallest absolute Gasteiger partial charge is 0.338 e. The van der Waals surface area contributed by atoms with Crippen molar-refractivity contribution in [2.24, 2.45) is 0 Å². The fourth-order valence-electron chi connectivity index (χ4n) is 1.20. The van der Waals surface area contributed by atoms with E-state index in [9.17, 15) is 9.18 Å². The van der Waals surface area contributed by atoms with Gasteiger partial charge >= 0.3 is 5.97 Å². The molecular weight excluding hydrogens is 213 g/mol. The molecule has 0 aliphatic rings. The summed E-state index contributed by atoms with van der Waals surface area (Å²) in [5.74, 6) is -2.13. The molecule has 1 rings (SSSR count). The predicted octanol–water partition coefficient (Wildman–Crippen LogP) is 0.940. The Bertz CT molecular complexity index is 371. The van der Waals surface area contributed by atoms with Gasteiger partial charge in [0, 0.05) is 12.7 Å². The molecule has 0 saturated heterocycles. The zero-order chi connectivity index (χ0) is 12.0. The van der Waals surface area contributed by atoms with Gasteiger partial charge in [0.25, 0.3) is 0 Å². The Labute approximate surface area is 92.7 Å². The molecule has 0 spiro atoms. The highest BCUT2D eigenvalue weighted by atomic mass is 19.1. The van der Waals surface area contributed by atoms with Gasteiger partial charge in [-0.2, -0.15) is 0 Å². The second-order valence-electron chi connectivity index (χ2n) is 3.21. The first-order valence-corrected chi connectivity index (χ1v) is 4.93. The van der Waals surface area contributed by atoms with Crippen LogP contribution in [0.25, 0.3) is 0 Å². The van der Waals surface area contributed by atoms with E-state index in [1.165, 1.54) is 6.20 Å². The zero-order valence-electron chi connectivity index (χ0n) is 8.96. The number of aromatic nitrogens is 1. The number of hydrogen-bond donors (Lipinski definition) is 3. The van der Waals surface area contributed by atoms with Gasteiger partial charge in [0.15, 0.2) is 11.6 Å². The molecule has 1 aromatic heterocycles. The van der Waals surface area contributed by atoms with E-state index >= 15 is 0 Å². The number of rotatable bonds is 6. The normalized spacial score (nSPS) is 10.1. The Balaban J connectivity index is 2.66. The van der Waals surface area contributed by atoms with Crippen molar-refractivity contribution in [2.75, 3.05) is 25.5 Å². The molecule has 1 heterocycles. The van der Waals surface area contributed by atoms with Crippen LogP contribution < -0.4 is 10.6 Å². The number of hydrogen-bond acceptors (Lipinski definition) is 4. The molecule has 0 bridgehead atoms. The summed E-state index contributed by atoms with van der Waals surface area (Å²) in [6.45, 7) is 1.33. The standard InChI is InChI=1S/C10H14FN3O2/c1-12-4-2-5-13-9-8(11)7(10(15)16)3-6-14-9/h3,6,12H,2,4-5H2,1H3,(H,13,14)(H,15,16). The minimum absolute atomic E-state index is 0.0176. The van der Waals surface area contributed by atoms with Crippen LogP contribution in [0.3, 0.4) is 0 Å². The predicted molar refractivity (Wildman–Crippen MR) is 58.2 cm³/mol. The van der Waals surface area contributed by atoms with E-state index in [1.807, 2.05) is 7.05 Å². The summed E-state index contributed by atoms with van der Waals surface area (Å²) in [5.41, 5.74) is -0.369. The van der Waals surface area contributed by atoms with Gasteiger partial charge in [-0.25, -0.2) is 14.2 Å². The number of pyridine rings is 1. The second kappa shape index (κ2) is 6.02. The van der Waals surface area contributed by atoms with Crippen LogP contribution in [0.4, 0.5) is 10.2 Å². The summed E-state index contributed by atoms with van der Waals surface area (Å²) >= 11 is 0. The Morgan fingerprint density at radius 2 is 2.31 bits per heavy atom. The maximum atomic E-state index is 13.5. The summed E-state index contributed by atoms with van der Waals surface area (Å²) in [6, 6.07) is 1.14. The molecule has 16 heavy (non-hydrogen) atoms. The molecule has 0 fully saturated rings. The molecular formula is C10H14FN3O2. The van der Waals surface area contributed by atoms with Crippen LogP contribution in [-0.2, 0) is 0 Å². The lowest BCUT2D eigenvalue weighted by atomic mass is 10.2. The minimum Gasteiger partial charge on any atom is -0.478 e. The fourth-order valence-corrected chi connectivity index (χ4v) is 1.20. The van der Waals surface area contributed by atoms with Crippen molar-refractivity contribution in [1.82, 2.24) is 10.3 Å². The lowest BCUT2D eigenvalue weighted by Gasteiger charge is -2.07. The summed E-state index contributed by atoms with van der Waals surface area (Å²) in [5, 5.41) is 14.4. The highest BCUT2D eigenvalue weighted by molar-refractivity contribution is 5.88. The van der Waals surface area contributed by atoms with Gasteiger partial charge in [0.1, 0.15) is 5.56 Å². The highest BCUT2D eigenvalue weighted by Crippen LogP contribution is 2.14. The van der Waals surface area contributed by atoms with Crippen LogP contribution in [0.15, 0.2) is 12.3 Å². The Morgan fingerprint density at radius 1 is 1.56 bits per heavy atom. The third-order valence-corrected chi connectivity index (χ3v) is 2.02. The average Bonchev–Trinajstić information content (AvgIpc) is 2.26. The van der Waals surface area contributed by atoms with E-state index in [0.717, 1.165) is 19.0 Å². The van der Waals surface area contributed by atoms with E-state index in [1.54, 1.807) is 0 Å². The summed E-state index contributed by atoms with van der Waals surface area (Å²) < 4.78 is 13.5. The van der Waals surface area contributed by atoms with Crippen molar-refractivity contribution in [2.45, 2.75) is 6.42 Å². The molecule has 0 amide bonds. The molecule has 1 aromatic rings. The molecule has 0 saturated carbocycles. The number of carboxylic acid groups (broad SMARTS) is 1. The van der Waals surface area contributed by atoms with Gasteiger partial charge in [-0.1, -0.05) is 0 Å². The van der Waals surface area contributed by atoms with E-state index < -0.39 is 11.8 Å². The van der Waals surface area contributed by atoms with Crippen LogP contribution in [0, 0.1) is 5.82 Å². The zero-order valence-corrected chi connectivity index (χ0v) is 8.96. The maximum absolute atomic E-state index is 13.5. The van der Waals surface area contributed by atoms with Gasteiger partial charge in [-0.15, -0.1) is 0 Å². The number of carbonyl (C=O) groups is 1. The van der Waals surface area contributed by atoms with Gasteiger partial charge in [0.05, 0.1) is 0 Å². The Hall–Kier alpha value is -1.69. The molecule has 0 unspecified atom stereocenters. The molecule has 88 valence electrons. The first-order valence-electron chi connectivity index (χ1n) is 4.93. The van der Waals surface area contributed by atoms with Gasteiger partial charge in [0.2, 0.25) is 0 Å². The van der Waals surface area contributed by atoms with E-state index in [-0.39, 0.29) is 11.4 Å². The van der Waals surface area contributed by atoms with E-state index in [0.29, 0.717) is 6.54 Å². The third kappa shape index (κ3) is 3.16. The minimum atomic E-state index is -1.29. The van der Waals surface area contributed by atoms with Crippen molar-refractivity contribution in [3.8, 4) is 0 Å². The van der Waals surface area contributed by atoms with Crippen LogP contribution >= 0.6 is 0 Å². The number of nitrogens with zero attached hydrogens (tertiary/aromatic N) is 1. The van der Waals surface area contributed by atoms with Crippen LogP contribution in [-0.4, -0.2) is 36.2 Å². The van der Waals surface area contributed by atoms with Crippen molar-refractivity contribution in [1.29, 1.82) is 0 Å². The van der Waals surface area contributed by atoms with Gasteiger partial charge in [-0.05, 0) is 26.1 Å². The number of nitrogens with one attached hydrogen (secondary N) is 2. The lowest BCUT2D eigenvalue weighted by molar-refractivity contribution is 0.0692. The first kappa shape index (κ1) is 12.4. The second-order valence-corrected chi connectivity index (χ2v) is 3.21. The van der Waals surface area contributed by atoms with Crippen LogP contribution in [0.5, 0.6) is 0 Å². The molecule has 0 aliphatic carbocycles. The highest BCUT2D eigenvalue weighted by Gasteiger charge is 2.14. The molecule has 0 radical (unpaired) electrons. The molecule has 5 nitrogen and oxygen atoms in total. The van der Waals surface area contributed by atoms with Crippen LogP contribution in [0.1, 0.15) is 16.8 Å². The largest absolute Gasteiger partial charge is 0.478 e. The Morgan fingerprint density at radius 3 is 2.94 bits per heavy atom. The summed E-state index contributed by atoms with van der Waals surface area (Å²) in [4.78, 5) is 14.4. The fraction of sp³-hybridized carbons (Fsp3) is 0.400. The van der Waals surface area contributed by atoms with Crippen LogP contribution in [0.2, 0.25) is 0 Å². The average molecular weight is 227 g/mol. The number of carboxylic acids is 1. The third-order valence-electron chi connectivity index (χ3n) is 2.02. The quantitative estimate of drug-likeness (QED) is 0.631. The number of anilines is 1. The van der Waals surface area contributed by atoms with Crippen molar-refractivity contribution in [3.05, 3.63) is 23.6 Å². The molecule has 0 atom stereocenters.